The molecule has 0 radical (unpaired) electrons. The first-order valence-electron chi connectivity index (χ1n) is 8.70. The van der Waals surface area contributed by atoms with Crippen molar-refractivity contribution in [1.29, 1.82) is 0 Å². The number of aromatic hydroxyl groups is 1. The van der Waals surface area contributed by atoms with Gasteiger partial charge in [-0.25, -0.2) is 8.78 Å². The van der Waals surface area contributed by atoms with Gasteiger partial charge in [0.05, 0.1) is 0 Å². The molecule has 2 aromatic rings. The van der Waals surface area contributed by atoms with E-state index in [1.807, 2.05) is 19.1 Å². The average Bonchev–Trinajstić information content (AvgIpc) is 2.66. The van der Waals surface area contributed by atoms with Crippen LogP contribution in [0.3, 0.4) is 0 Å². The molecule has 0 aliphatic heterocycles. The molecule has 0 saturated carbocycles. The van der Waals surface area contributed by atoms with Crippen LogP contribution in [0.25, 0.3) is 0 Å². The lowest BCUT2D eigenvalue weighted by atomic mass is 10.1. The van der Waals surface area contributed by atoms with E-state index in [9.17, 15) is 18.7 Å². The van der Waals surface area contributed by atoms with Crippen LogP contribution in [-0.2, 0) is 11.3 Å². The molecule has 0 bridgehead atoms. The van der Waals surface area contributed by atoms with Crippen molar-refractivity contribution in [3.8, 4) is 5.75 Å². The highest BCUT2D eigenvalue weighted by atomic mass is 19.2. The van der Waals surface area contributed by atoms with Crippen LogP contribution in [0.1, 0.15) is 31.7 Å². The van der Waals surface area contributed by atoms with E-state index in [0.29, 0.717) is 18.7 Å². The number of anilines is 2. The number of hydrogen-bond acceptors (Lipinski definition) is 3. The SMILES string of the molecule is CCCC[C@H](F)[C@@H](F)C(=O)Nc1ccc(NCc2ccc(O)cc2)cc1. The second-order valence-corrected chi connectivity index (χ2v) is 6.15. The Bertz CT molecular complexity index is 690. The second kappa shape index (κ2) is 9.75. The van der Waals surface area contributed by atoms with Gasteiger partial charge in [0.25, 0.3) is 5.91 Å². The molecule has 3 N–H and O–H groups in total. The molecule has 140 valence electrons. The number of halogens is 2. The van der Waals surface area contributed by atoms with Crippen molar-refractivity contribution in [1.82, 2.24) is 0 Å². The number of amides is 1. The maximum atomic E-state index is 13.8. The van der Waals surface area contributed by atoms with E-state index in [1.165, 1.54) is 0 Å². The predicted molar refractivity (Wildman–Crippen MR) is 99.8 cm³/mol. The highest BCUT2D eigenvalue weighted by molar-refractivity contribution is 5.94. The molecular weight excluding hydrogens is 338 g/mol. The molecule has 4 nitrogen and oxygen atoms in total. The molecule has 0 unspecified atom stereocenters. The summed E-state index contributed by atoms with van der Waals surface area (Å²) in [6.07, 6.45) is -2.58. The fraction of sp³-hybridized carbons (Fsp3) is 0.350. The van der Waals surface area contributed by atoms with Crippen LogP contribution in [0.5, 0.6) is 5.75 Å². The molecule has 0 fully saturated rings. The fourth-order valence-corrected chi connectivity index (χ4v) is 2.41. The monoisotopic (exact) mass is 362 g/mol. The van der Waals surface area contributed by atoms with Crippen LogP contribution in [0.4, 0.5) is 20.2 Å². The summed E-state index contributed by atoms with van der Waals surface area (Å²) in [7, 11) is 0. The fourth-order valence-electron chi connectivity index (χ4n) is 2.41. The van der Waals surface area contributed by atoms with Crippen molar-refractivity contribution in [3.63, 3.8) is 0 Å². The van der Waals surface area contributed by atoms with E-state index in [1.54, 1.807) is 36.4 Å². The molecule has 0 heterocycles. The van der Waals surface area contributed by atoms with Crippen LogP contribution in [0.2, 0.25) is 0 Å². The van der Waals surface area contributed by atoms with Crippen LogP contribution < -0.4 is 10.6 Å². The number of rotatable bonds is 9. The van der Waals surface area contributed by atoms with Crippen molar-refractivity contribution in [2.24, 2.45) is 0 Å². The number of alkyl halides is 2. The minimum absolute atomic E-state index is 0.0468. The standard InChI is InChI=1S/C20H24F2N2O2/c1-2-3-4-18(21)19(22)20(26)24-16-9-7-15(8-10-16)23-13-14-5-11-17(25)12-6-14/h5-12,18-19,23,25H,2-4,13H2,1H3,(H,24,26)/t18-,19+/m0/s1. The zero-order valence-corrected chi connectivity index (χ0v) is 14.7. The maximum Gasteiger partial charge on any atom is 0.261 e. The lowest BCUT2D eigenvalue weighted by molar-refractivity contribution is -0.123. The van der Waals surface area contributed by atoms with Gasteiger partial charge in [0, 0.05) is 17.9 Å². The predicted octanol–water partition coefficient (Wildman–Crippen LogP) is 4.81. The number of hydrogen-bond donors (Lipinski definition) is 3. The number of nitrogens with one attached hydrogen (secondary N) is 2. The highest BCUT2D eigenvalue weighted by Crippen LogP contribution is 2.18. The minimum Gasteiger partial charge on any atom is -0.508 e. The molecule has 2 aromatic carbocycles. The van der Waals surface area contributed by atoms with Gasteiger partial charge in [0.15, 0.2) is 0 Å². The normalized spacial score (nSPS) is 13.0. The Labute approximate surface area is 152 Å². The molecule has 0 aromatic heterocycles. The Kier molecular flexibility index (Phi) is 7.38. The van der Waals surface area contributed by atoms with Gasteiger partial charge in [-0.2, -0.15) is 0 Å². The first-order valence-corrected chi connectivity index (χ1v) is 8.70. The maximum absolute atomic E-state index is 13.8. The summed E-state index contributed by atoms with van der Waals surface area (Å²) in [4.78, 5) is 11.8. The van der Waals surface area contributed by atoms with Crippen molar-refractivity contribution in [2.75, 3.05) is 10.6 Å². The third kappa shape index (κ3) is 6.02. The quantitative estimate of drug-likeness (QED) is 0.600. The molecule has 0 saturated heterocycles. The Morgan fingerprint density at radius 2 is 1.65 bits per heavy atom. The third-order valence-corrected chi connectivity index (χ3v) is 3.99. The Hall–Kier alpha value is -2.63. The zero-order chi connectivity index (χ0) is 18.9. The molecule has 6 heteroatoms. The first-order chi connectivity index (χ1) is 12.5. The van der Waals surface area contributed by atoms with Gasteiger partial charge in [0.2, 0.25) is 6.17 Å². The smallest absolute Gasteiger partial charge is 0.261 e. The van der Waals surface area contributed by atoms with Crippen molar-refractivity contribution >= 4 is 17.3 Å². The molecule has 0 aliphatic rings. The topological polar surface area (TPSA) is 61.4 Å². The lowest BCUT2D eigenvalue weighted by Gasteiger charge is -2.14. The van der Waals surface area contributed by atoms with Crippen LogP contribution in [0, 0.1) is 0 Å². The average molecular weight is 362 g/mol. The van der Waals surface area contributed by atoms with Crippen LogP contribution in [0.15, 0.2) is 48.5 Å². The molecular formula is C20H24F2N2O2. The summed E-state index contributed by atoms with van der Waals surface area (Å²) in [5.41, 5.74) is 2.23. The third-order valence-electron chi connectivity index (χ3n) is 3.99. The summed E-state index contributed by atoms with van der Waals surface area (Å²) in [6, 6.07) is 13.6. The molecule has 0 spiro atoms. The van der Waals surface area contributed by atoms with E-state index in [2.05, 4.69) is 10.6 Å². The number of phenolic OH excluding ortho intramolecular Hbond substituents is 1. The lowest BCUT2D eigenvalue weighted by Crippen LogP contribution is -2.32. The van der Waals surface area contributed by atoms with Crippen molar-refractivity contribution in [3.05, 3.63) is 54.1 Å². The van der Waals surface area contributed by atoms with Crippen molar-refractivity contribution < 1.29 is 18.7 Å². The highest BCUT2D eigenvalue weighted by Gasteiger charge is 2.27. The molecule has 1 amide bonds. The van der Waals surface area contributed by atoms with E-state index in [-0.39, 0.29) is 12.2 Å². The summed E-state index contributed by atoms with van der Waals surface area (Å²) >= 11 is 0. The number of carbonyl (C=O) groups is 1. The molecule has 0 aliphatic carbocycles. The Balaban J connectivity index is 1.84. The number of benzene rings is 2. The van der Waals surface area contributed by atoms with Gasteiger partial charge in [0.1, 0.15) is 11.9 Å². The second-order valence-electron chi connectivity index (χ2n) is 6.15. The summed E-state index contributed by atoms with van der Waals surface area (Å²) in [5, 5.41) is 14.8. The van der Waals surface area contributed by atoms with Gasteiger partial charge in [-0.15, -0.1) is 0 Å². The largest absolute Gasteiger partial charge is 0.508 e. The van der Waals surface area contributed by atoms with E-state index < -0.39 is 18.3 Å². The van der Waals surface area contributed by atoms with E-state index in [4.69, 9.17) is 0 Å². The van der Waals surface area contributed by atoms with Crippen molar-refractivity contribution in [2.45, 2.75) is 45.1 Å². The van der Waals surface area contributed by atoms with Gasteiger partial charge < -0.3 is 15.7 Å². The van der Waals surface area contributed by atoms with Gasteiger partial charge in [-0.1, -0.05) is 31.9 Å². The minimum atomic E-state index is -2.16. The Morgan fingerprint density at radius 1 is 1.04 bits per heavy atom. The summed E-state index contributed by atoms with van der Waals surface area (Å²) in [6.45, 7) is 2.46. The number of phenols is 1. The number of unbranched alkanes of at least 4 members (excludes halogenated alkanes) is 1. The van der Waals surface area contributed by atoms with E-state index in [0.717, 1.165) is 17.7 Å². The van der Waals surface area contributed by atoms with E-state index >= 15 is 0 Å². The number of carbonyl (C=O) groups excluding carboxylic acids is 1. The molecule has 2 rings (SSSR count). The van der Waals surface area contributed by atoms with Gasteiger partial charge in [-0.3, -0.25) is 4.79 Å². The summed E-state index contributed by atoms with van der Waals surface area (Å²) < 4.78 is 27.4. The first kappa shape index (κ1) is 19.7. The molecule has 2 atom stereocenters. The van der Waals surface area contributed by atoms with Gasteiger partial charge >= 0.3 is 0 Å². The van der Waals surface area contributed by atoms with Crippen LogP contribution in [-0.4, -0.2) is 23.4 Å². The van der Waals surface area contributed by atoms with Gasteiger partial charge in [-0.05, 0) is 48.4 Å². The zero-order valence-electron chi connectivity index (χ0n) is 14.7. The van der Waals surface area contributed by atoms with Crippen LogP contribution >= 0.6 is 0 Å². The molecule has 26 heavy (non-hydrogen) atoms. The summed E-state index contributed by atoms with van der Waals surface area (Å²) in [5.74, 6) is -0.747. The Morgan fingerprint density at radius 3 is 2.27 bits per heavy atom.